The second-order valence-corrected chi connectivity index (χ2v) is 7.77. The van der Waals surface area contributed by atoms with Crippen LogP contribution in [0.15, 0.2) is 77.6 Å². The van der Waals surface area contributed by atoms with E-state index in [9.17, 15) is 9.59 Å². The van der Waals surface area contributed by atoms with Crippen LogP contribution in [-0.4, -0.2) is 24.1 Å². The number of methoxy groups -OCH3 is 1. The third kappa shape index (κ3) is 3.89. The zero-order valence-electron chi connectivity index (χ0n) is 18.5. The molecule has 0 saturated heterocycles. The zero-order valence-corrected chi connectivity index (χ0v) is 18.5. The van der Waals surface area contributed by atoms with Crippen molar-refractivity contribution in [2.45, 2.75) is 13.3 Å². The Bertz CT molecular complexity index is 1350. The van der Waals surface area contributed by atoms with Gasteiger partial charge >= 0.3 is 0 Å². The zero-order chi connectivity index (χ0) is 22.7. The fourth-order valence-electron chi connectivity index (χ4n) is 4.16. The van der Waals surface area contributed by atoms with Crippen molar-refractivity contribution < 1.29 is 9.53 Å². The highest BCUT2D eigenvalue weighted by molar-refractivity contribution is 6.08. The Balaban J connectivity index is 1.77. The molecular weight excluding hydrogens is 400 g/mol. The Hall–Kier alpha value is -3.86. The minimum Gasteiger partial charge on any atom is -0.496 e. The molecule has 1 aromatic heterocycles. The van der Waals surface area contributed by atoms with Crippen LogP contribution in [-0.2, 0) is 13.5 Å². The maximum Gasteiger partial charge on any atom is 0.268 e. The number of aromatic nitrogens is 1. The quantitative estimate of drug-likeness (QED) is 0.494. The number of pyridine rings is 1. The smallest absolute Gasteiger partial charge is 0.268 e. The summed E-state index contributed by atoms with van der Waals surface area (Å²) < 4.78 is 6.86. The molecule has 0 aliphatic carbocycles. The van der Waals surface area contributed by atoms with Gasteiger partial charge in [0.2, 0.25) is 0 Å². The van der Waals surface area contributed by atoms with Crippen molar-refractivity contribution in [3.63, 3.8) is 0 Å². The number of carbonyl (C=O) groups is 1. The molecule has 0 saturated carbocycles. The van der Waals surface area contributed by atoms with Crippen LogP contribution in [0.1, 0.15) is 21.6 Å². The molecule has 5 heteroatoms. The molecule has 0 fully saturated rings. The number of para-hydroxylation sites is 1. The van der Waals surface area contributed by atoms with Gasteiger partial charge in [-0.3, -0.25) is 9.59 Å². The Labute approximate surface area is 187 Å². The van der Waals surface area contributed by atoms with Crippen molar-refractivity contribution in [2.24, 2.45) is 7.05 Å². The lowest BCUT2D eigenvalue weighted by Crippen LogP contribution is -2.33. The fraction of sp³-hybridized carbons (Fsp3) is 0.185. The van der Waals surface area contributed by atoms with E-state index in [0.29, 0.717) is 24.0 Å². The number of hydrogen-bond donors (Lipinski definition) is 1. The van der Waals surface area contributed by atoms with Gasteiger partial charge in [0.15, 0.2) is 0 Å². The van der Waals surface area contributed by atoms with Crippen LogP contribution >= 0.6 is 0 Å². The predicted octanol–water partition coefficient (Wildman–Crippen LogP) is 4.50. The number of ether oxygens (including phenoxy) is 1. The normalized spacial score (nSPS) is 10.8. The molecule has 0 spiro atoms. The van der Waals surface area contributed by atoms with E-state index in [1.54, 1.807) is 14.2 Å². The molecule has 4 aromatic rings. The monoisotopic (exact) mass is 426 g/mol. The van der Waals surface area contributed by atoms with Gasteiger partial charge in [-0.1, -0.05) is 60.7 Å². The summed E-state index contributed by atoms with van der Waals surface area (Å²) in [5.74, 6) is 0.518. The lowest BCUT2D eigenvalue weighted by molar-refractivity contribution is 0.0945. The molecule has 32 heavy (non-hydrogen) atoms. The average molecular weight is 427 g/mol. The molecule has 4 rings (SSSR count). The summed E-state index contributed by atoms with van der Waals surface area (Å²) in [6.45, 7) is 2.44. The summed E-state index contributed by atoms with van der Waals surface area (Å²) in [6, 6.07) is 23.1. The van der Waals surface area contributed by atoms with Gasteiger partial charge in [0.25, 0.3) is 11.5 Å². The van der Waals surface area contributed by atoms with Gasteiger partial charge in [0.05, 0.1) is 7.11 Å². The van der Waals surface area contributed by atoms with E-state index in [4.69, 9.17) is 4.74 Å². The second-order valence-electron chi connectivity index (χ2n) is 7.77. The Kier molecular flexibility index (Phi) is 6.08. The number of nitrogens with one attached hydrogen (secondary N) is 1. The number of nitrogens with zero attached hydrogens (tertiary/aromatic N) is 1. The van der Waals surface area contributed by atoms with Gasteiger partial charge in [0, 0.05) is 24.5 Å². The molecule has 0 radical (unpaired) electrons. The van der Waals surface area contributed by atoms with E-state index >= 15 is 0 Å². The van der Waals surface area contributed by atoms with E-state index in [2.05, 4.69) is 5.32 Å². The van der Waals surface area contributed by atoms with Gasteiger partial charge in [-0.15, -0.1) is 0 Å². The van der Waals surface area contributed by atoms with Crippen molar-refractivity contribution in [1.29, 1.82) is 0 Å². The molecule has 162 valence electrons. The van der Waals surface area contributed by atoms with E-state index in [1.807, 2.05) is 79.7 Å². The van der Waals surface area contributed by atoms with Gasteiger partial charge < -0.3 is 14.6 Å². The minimum absolute atomic E-state index is 0.187. The summed E-state index contributed by atoms with van der Waals surface area (Å²) in [6.07, 6.45) is 0.622. The lowest BCUT2D eigenvalue weighted by atomic mass is 9.93. The third-order valence-corrected chi connectivity index (χ3v) is 5.81. The average Bonchev–Trinajstić information content (AvgIpc) is 2.82. The maximum absolute atomic E-state index is 13.4. The first kappa shape index (κ1) is 21.4. The number of benzene rings is 3. The lowest BCUT2D eigenvalue weighted by Gasteiger charge is -2.18. The second kappa shape index (κ2) is 9.10. The van der Waals surface area contributed by atoms with E-state index in [0.717, 1.165) is 33.4 Å². The van der Waals surface area contributed by atoms with Gasteiger partial charge in [-0.05, 0) is 47.6 Å². The minimum atomic E-state index is -0.275. The molecule has 1 amide bonds. The first-order chi connectivity index (χ1) is 15.5. The highest BCUT2D eigenvalue weighted by Crippen LogP contribution is 2.32. The molecular formula is C27H26N2O3. The Morgan fingerprint density at radius 2 is 1.59 bits per heavy atom. The van der Waals surface area contributed by atoms with Crippen molar-refractivity contribution in [1.82, 2.24) is 9.88 Å². The van der Waals surface area contributed by atoms with Crippen LogP contribution in [0.2, 0.25) is 0 Å². The van der Waals surface area contributed by atoms with Crippen molar-refractivity contribution >= 4 is 16.7 Å². The molecule has 0 bridgehead atoms. The highest BCUT2D eigenvalue weighted by atomic mass is 16.5. The van der Waals surface area contributed by atoms with Crippen LogP contribution in [0.25, 0.3) is 21.9 Å². The molecule has 0 unspecified atom stereocenters. The fourth-order valence-corrected chi connectivity index (χ4v) is 4.16. The van der Waals surface area contributed by atoms with Gasteiger partial charge in [-0.2, -0.15) is 0 Å². The van der Waals surface area contributed by atoms with Crippen LogP contribution in [0, 0.1) is 6.92 Å². The van der Waals surface area contributed by atoms with Crippen molar-refractivity contribution in [3.05, 3.63) is 100.0 Å². The molecule has 0 aliphatic heterocycles. The number of fused-ring (bicyclic) bond motifs is 1. The Morgan fingerprint density at radius 3 is 2.34 bits per heavy atom. The van der Waals surface area contributed by atoms with E-state index < -0.39 is 0 Å². The van der Waals surface area contributed by atoms with Crippen molar-refractivity contribution in [2.75, 3.05) is 13.7 Å². The van der Waals surface area contributed by atoms with E-state index in [-0.39, 0.29) is 11.5 Å². The number of carbonyl (C=O) groups excluding carboxylic acids is 1. The van der Waals surface area contributed by atoms with Crippen molar-refractivity contribution in [3.8, 4) is 16.9 Å². The first-order valence-electron chi connectivity index (χ1n) is 10.6. The summed E-state index contributed by atoms with van der Waals surface area (Å²) in [5, 5.41) is 4.38. The topological polar surface area (TPSA) is 60.3 Å². The van der Waals surface area contributed by atoms with Gasteiger partial charge in [-0.25, -0.2) is 0 Å². The SMILES string of the molecule is COc1ccccc1CCNC(=O)c1c(-c2ccccc2C)c2ccccc2c(=O)n1C. The van der Waals surface area contributed by atoms with Crippen LogP contribution < -0.4 is 15.6 Å². The van der Waals surface area contributed by atoms with Crippen LogP contribution in [0.5, 0.6) is 5.75 Å². The number of rotatable bonds is 6. The first-order valence-corrected chi connectivity index (χ1v) is 10.6. The molecule has 3 aromatic carbocycles. The molecule has 1 N–H and O–H groups in total. The molecule has 1 heterocycles. The summed E-state index contributed by atoms with van der Waals surface area (Å²) in [4.78, 5) is 26.5. The summed E-state index contributed by atoms with van der Waals surface area (Å²) >= 11 is 0. The standard InChI is InChI=1S/C27H26N2O3/c1-18-10-4-6-12-20(18)24-21-13-7-8-14-22(21)27(31)29(2)25(24)26(30)28-17-16-19-11-5-9-15-23(19)32-3/h4-15H,16-17H2,1-3H3,(H,28,30). The molecule has 5 nitrogen and oxygen atoms in total. The van der Waals surface area contributed by atoms with Gasteiger partial charge in [0.1, 0.15) is 11.4 Å². The maximum atomic E-state index is 13.4. The highest BCUT2D eigenvalue weighted by Gasteiger charge is 2.22. The van der Waals surface area contributed by atoms with Crippen LogP contribution in [0.3, 0.4) is 0 Å². The largest absolute Gasteiger partial charge is 0.496 e. The predicted molar refractivity (Wildman–Crippen MR) is 128 cm³/mol. The molecule has 0 aliphatic rings. The summed E-state index contributed by atoms with van der Waals surface area (Å²) in [7, 11) is 3.29. The number of amides is 1. The number of aryl methyl sites for hydroxylation is 1. The summed E-state index contributed by atoms with van der Waals surface area (Å²) in [5.41, 5.74) is 3.95. The van der Waals surface area contributed by atoms with Crippen LogP contribution in [0.4, 0.5) is 0 Å². The van der Waals surface area contributed by atoms with E-state index in [1.165, 1.54) is 4.57 Å². The molecule has 0 atom stereocenters. The number of hydrogen-bond acceptors (Lipinski definition) is 3. The Morgan fingerprint density at radius 1 is 0.938 bits per heavy atom. The third-order valence-electron chi connectivity index (χ3n) is 5.81.